The molecule has 3 nitrogen and oxygen atoms in total. The van der Waals surface area contributed by atoms with E-state index in [9.17, 15) is 4.79 Å². The summed E-state index contributed by atoms with van der Waals surface area (Å²) in [5.41, 5.74) is 3.16. The van der Waals surface area contributed by atoms with E-state index in [0.717, 1.165) is 16.4 Å². The Morgan fingerprint density at radius 2 is 1.21 bits per heavy atom. The van der Waals surface area contributed by atoms with E-state index in [2.05, 4.69) is 54.5 Å². The second-order valence-electron chi connectivity index (χ2n) is 9.72. The highest BCUT2D eigenvalue weighted by Gasteiger charge is 2.13. The van der Waals surface area contributed by atoms with Crippen molar-refractivity contribution in [1.82, 2.24) is 0 Å². The highest BCUT2D eigenvalue weighted by atomic mass is 16.4. The van der Waals surface area contributed by atoms with Crippen molar-refractivity contribution in [3.63, 3.8) is 0 Å². The lowest BCUT2D eigenvalue weighted by Crippen LogP contribution is -2.10. The summed E-state index contributed by atoms with van der Waals surface area (Å²) in [7, 11) is 0. The Morgan fingerprint density at radius 1 is 0.636 bits per heavy atom. The molecule has 0 atom stereocenters. The van der Waals surface area contributed by atoms with Gasteiger partial charge in [-0.05, 0) is 46.7 Å². The zero-order chi connectivity index (χ0) is 25.7. The lowest BCUT2D eigenvalue weighted by molar-refractivity contribution is 0.469. The minimum atomic E-state index is -0.300. The molecule has 0 aliphatic heterocycles. The number of furan rings is 1. The molecule has 0 saturated carbocycles. The van der Waals surface area contributed by atoms with Crippen molar-refractivity contribution in [2.24, 2.45) is 5.41 Å². The molecule has 0 aliphatic rings. The molecule has 2 aromatic heterocycles. The molecule has 0 bridgehead atoms. The van der Waals surface area contributed by atoms with Crippen molar-refractivity contribution in [1.29, 1.82) is 0 Å². The summed E-state index contributed by atoms with van der Waals surface area (Å²) in [5, 5.41) is 2.14. The van der Waals surface area contributed by atoms with E-state index < -0.39 is 0 Å². The van der Waals surface area contributed by atoms with E-state index in [4.69, 9.17) is 8.83 Å². The smallest absolute Gasteiger partial charge is 0.336 e. The molecule has 4 rings (SSSR count). The van der Waals surface area contributed by atoms with Gasteiger partial charge in [0, 0.05) is 16.8 Å². The fourth-order valence-corrected chi connectivity index (χ4v) is 2.44. The lowest BCUT2D eigenvalue weighted by Gasteiger charge is -2.18. The first-order valence-corrected chi connectivity index (χ1v) is 11.9. The Bertz CT molecular complexity index is 1070. The summed E-state index contributed by atoms with van der Waals surface area (Å²) in [4.78, 5) is 11.0. The summed E-state index contributed by atoms with van der Waals surface area (Å²) >= 11 is 0. The quantitative estimate of drug-likeness (QED) is 0.249. The Balaban J connectivity index is 0.000000484. The first-order valence-electron chi connectivity index (χ1n) is 11.9. The van der Waals surface area contributed by atoms with Gasteiger partial charge in [0.05, 0.1) is 6.26 Å². The first kappa shape index (κ1) is 30.2. The van der Waals surface area contributed by atoms with E-state index in [-0.39, 0.29) is 11.0 Å². The predicted octanol–water partition coefficient (Wildman–Crippen LogP) is 9.63. The summed E-state index contributed by atoms with van der Waals surface area (Å²) < 4.78 is 10.2. The Kier molecular flexibility index (Phi) is 13.1. The molecule has 0 unspecified atom stereocenters. The van der Waals surface area contributed by atoms with Crippen LogP contribution in [0.25, 0.3) is 21.9 Å². The highest BCUT2D eigenvalue weighted by molar-refractivity contribution is 5.77. The second-order valence-corrected chi connectivity index (χ2v) is 9.72. The third-order valence-corrected chi connectivity index (χ3v) is 3.85. The van der Waals surface area contributed by atoms with Crippen LogP contribution in [0.1, 0.15) is 81.7 Å². The second kappa shape index (κ2) is 14.4. The molecule has 4 aromatic rings. The Labute approximate surface area is 200 Å². The van der Waals surface area contributed by atoms with Crippen LogP contribution in [0.15, 0.2) is 80.6 Å². The molecule has 33 heavy (non-hydrogen) atoms. The number of hydrogen-bond donors (Lipinski definition) is 0. The van der Waals surface area contributed by atoms with Crippen molar-refractivity contribution >= 4 is 21.9 Å². The molecular weight excluding hydrogens is 408 g/mol. The zero-order valence-electron chi connectivity index (χ0n) is 22.6. The van der Waals surface area contributed by atoms with Crippen molar-refractivity contribution in [3.8, 4) is 0 Å². The van der Waals surface area contributed by atoms with E-state index in [1.54, 1.807) is 12.3 Å². The van der Waals surface area contributed by atoms with Gasteiger partial charge in [0.15, 0.2) is 0 Å². The van der Waals surface area contributed by atoms with Crippen molar-refractivity contribution in [2.75, 3.05) is 0 Å². The van der Waals surface area contributed by atoms with Gasteiger partial charge < -0.3 is 8.83 Å². The van der Waals surface area contributed by atoms with Crippen LogP contribution in [0.2, 0.25) is 0 Å². The normalized spacial score (nSPS) is 10.4. The first-order chi connectivity index (χ1) is 15.4. The molecule has 2 aromatic carbocycles. The van der Waals surface area contributed by atoms with Crippen LogP contribution in [0, 0.1) is 5.41 Å². The van der Waals surface area contributed by atoms with Crippen LogP contribution in [0.5, 0.6) is 0 Å². The summed E-state index contributed by atoms with van der Waals surface area (Å²) in [5.74, 6) is 0. The summed E-state index contributed by atoms with van der Waals surface area (Å²) in [6.07, 6.45) is 1.70. The number of rotatable bonds is 0. The van der Waals surface area contributed by atoms with Gasteiger partial charge in [0.2, 0.25) is 0 Å². The average molecular weight is 453 g/mol. The van der Waals surface area contributed by atoms with Gasteiger partial charge in [0.1, 0.15) is 11.2 Å². The fraction of sp³-hybridized carbons (Fsp3) is 0.433. The number of benzene rings is 2. The molecule has 182 valence electrons. The van der Waals surface area contributed by atoms with E-state index in [1.165, 1.54) is 11.6 Å². The van der Waals surface area contributed by atoms with Gasteiger partial charge in [0.25, 0.3) is 0 Å². The minimum Gasteiger partial charge on any atom is -0.464 e. The molecule has 0 aliphatic carbocycles. The lowest BCUT2D eigenvalue weighted by atomic mass is 9.86. The van der Waals surface area contributed by atoms with Gasteiger partial charge in [-0.25, -0.2) is 4.79 Å². The average Bonchev–Trinajstić information content (AvgIpc) is 3.24. The molecule has 3 heteroatoms. The van der Waals surface area contributed by atoms with Crippen molar-refractivity contribution in [3.05, 3.63) is 82.9 Å². The molecule has 0 radical (unpaired) electrons. The maximum absolute atomic E-state index is 11.0. The van der Waals surface area contributed by atoms with Crippen LogP contribution in [0.4, 0.5) is 0 Å². The molecule has 0 amide bonds. The highest BCUT2D eigenvalue weighted by Crippen LogP contribution is 2.25. The minimum absolute atomic E-state index is 0.115. The van der Waals surface area contributed by atoms with Crippen molar-refractivity contribution in [2.45, 2.75) is 81.6 Å². The Morgan fingerprint density at radius 3 is 1.76 bits per heavy atom. The topological polar surface area (TPSA) is 43.4 Å². The van der Waals surface area contributed by atoms with E-state index >= 15 is 0 Å². The van der Waals surface area contributed by atoms with Gasteiger partial charge in [-0.2, -0.15) is 0 Å². The standard InChI is InChI=1S/C13H14O2.C8H6O.C5H12.2C2H6/c1-13(2,3)10-5-6-11-9(8-10)4-7-12(14)15-11;1-2-4-8-7(3-1)5-6-9-8;1-5(2,3)4;2*1-2/h4-8H,1-3H3;1-6H;1-4H3;2*1-2H3. The van der Waals surface area contributed by atoms with Crippen LogP contribution in [-0.2, 0) is 5.41 Å². The molecule has 0 saturated heterocycles. The van der Waals surface area contributed by atoms with Crippen LogP contribution >= 0.6 is 0 Å². The maximum atomic E-state index is 11.0. The maximum Gasteiger partial charge on any atom is 0.336 e. The molecule has 0 spiro atoms. The number of fused-ring (bicyclic) bond motifs is 2. The largest absolute Gasteiger partial charge is 0.464 e. The molecule has 0 fully saturated rings. The molecule has 2 heterocycles. The summed E-state index contributed by atoms with van der Waals surface area (Å²) in [6.45, 7) is 23.2. The third-order valence-electron chi connectivity index (χ3n) is 3.85. The zero-order valence-corrected chi connectivity index (χ0v) is 22.6. The molecule has 0 N–H and O–H groups in total. The predicted molar refractivity (Wildman–Crippen MR) is 145 cm³/mol. The van der Waals surface area contributed by atoms with Crippen LogP contribution in [-0.4, -0.2) is 0 Å². The summed E-state index contributed by atoms with van der Waals surface area (Å²) in [6, 6.07) is 19.1. The SMILES string of the molecule is CC.CC.CC(C)(C)C.CC(C)(C)c1ccc2oc(=O)ccc2c1.c1ccc2occc2c1. The monoisotopic (exact) mass is 452 g/mol. The van der Waals surface area contributed by atoms with Gasteiger partial charge in [-0.3, -0.25) is 0 Å². The van der Waals surface area contributed by atoms with E-state index in [1.807, 2.05) is 70.2 Å². The van der Waals surface area contributed by atoms with Gasteiger partial charge >= 0.3 is 5.63 Å². The molecular formula is C30H44O3. The van der Waals surface area contributed by atoms with Crippen LogP contribution < -0.4 is 5.63 Å². The number of hydrogen-bond acceptors (Lipinski definition) is 3. The van der Waals surface area contributed by atoms with Crippen LogP contribution in [0.3, 0.4) is 0 Å². The van der Waals surface area contributed by atoms with Gasteiger partial charge in [-0.15, -0.1) is 0 Å². The van der Waals surface area contributed by atoms with E-state index in [0.29, 0.717) is 11.0 Å². The van der Waals surface area contributed by atoms with Gasteiger partial charge in [-0.1, -0.05) is 100 Å². The fourth-order valence-electron chi connectivity index (χ4n) is 2.44. The van der Waals surface area contributed by atoms with Crippen molar-refractivity contribution < 1.29 is 8.83 Å². The third kappa shape index (κ3) is 12.1. The Hall–Kier alpha value is -2.81. The number of para-hydroxylation sites is 1.